The number of rotatable bonds is 7. The first kappa shape index (κ1) is 31.7. The standard InChI is InChI=1S/C30H35F3N2O6S/c1-29(2,3)17-35-22-12-11-19(42-4)14-21(22)26(20-9-5-6-10-23(20)41-30(31,32)33)40-24(27(35)37)15-25(36)34-13-7-8-18(16-34)28(38)39/h5-6,9-12,14,18,24,26H,7-8,13,15-17H2,1-4H3,(H,38,39)/t18?,24-,26-/m0/s1. The third kappa shape index (κ3) is 7.57. The Kier molecular flexibility index (Phi) is 9.46. The number of likely N-dealkylation sites (tertiary alicyclic amines) is 1. The van der Waals surface area contributed by atoms with E-state index < -0.39 is 54.4 Å². The Balaban J connectivity index is 1.81. The number of anilines is 1. The molecule has 0 aromatic heterocycles. The second-order valence-electron chi connectivity index (χ2n) is 11.7. The zero-order chi connectivity index (χ0) is 30.8. The summed E-state index contributed by atoms with van der Waals surface area (Å²) in [6.45, 7) is 6.47. The molecule has 0 saturated carbocycles. The number of hydrogen-bond acceptors (Lipinski definition) is 6. The molecule has 2 aromatic carbocycles. The van der Waals surface area contributed by atoms with Crippen molar-refractivity contribution in [2.75, 3.05) is 30.8 Å². The second-order valence-corrected chi connectivity index (χ2v) is 12.6. The number of piperidine rings is 1. The number of halogens is 3. The fourth-order valence-corrected chi connectivity index (χ4v) is 5.77. The molecule has 228 valence electrons. The van der Waals surface area contributed by atoms with Crippen molar-refractivity contribution in [3.63, 3.8) is 0 Å². The lowest BCUT2D eigenvalue weighted by Crippen LogP contribution is -2.47. The van der Waals surface area contributed by atoms with E-state index in [0.717, 1.165) is 4.90 Å². The van der Waals surface area contributed by atoms with Crippen LogP contribution in [0.4, 0.5) is 18.9 Å². The average molecular weight is 609 g/mol. The van der Waals surface area contributed by atoms with E-state index in [9.17, 15) is 32.7 Å². The number of para-hydroxylation sites is 1. The third-order valence-electron chi connectivity index (χ3n) is 7.19. The fraction of sp³-hybridized carbons (Fsp3) is 0.500. The maximum absolute atomic E-state index is 14.1. The molecule has 1 unspecified atom stereocenters. The molecule has 1 N–H and O–H groups in total. The minimum atomic E-state index is -4.97. The Morgan fingerprint density at radius 2 is 1.83 bits per heavy atom. The summed E-state index contributed by atoms with van der Waals surface area (Å²) in [5, 5.41) is 9.47. The third-order valence-corrected chi connectivity index (χ3v) is 7.92. The highest BCUT2D eigenvalue weighted by atomic mass is 32.2. The number of carbonyl (C=O) groups is 3. The molecular weight excluding hydrogens is 573 g/mol. The van der Waals surface area contributed by atoms with Crippen molar-refractivity contribution in [1.82, 2.24) is 4.90 Å². The molecule has 2 amide bonds. The van der Waals surface area contributed by atoms with Gasteiger partial charge in [0.25, 0.3) is 5.91 Å². The van der Waals surface area contributed by atoms with E-state index in [0.29, 0.717) is 30.6 Å². The van der Waals surface area contributed by atoms with Crippen LogP contribution in [0.2, 0.25) is 0 Å². The first-order valence-corrected chi connectivity index (χ1v) is 14.9. The maximum atomic E-state index is 14.1. The topological polar surface area (TPSA) is 96.4 Å². The lowest BCUT2D eigenvalue weighted by atomic mass is 9.94. The Labute approximate surface area is 247 Å². The number of nitrogens with zero attached hydrogens (tertiary/aromatic N) is 2. The highest BCUT2D eigenvalue weighted by molar-refractivity contribution is 7.98. The van der Waals surface area contributed by atoms with Crippen LogP contribution in [0.3, 0.4) is 0 Å². The predicted octanol–water partition coefficient (Wildman–Crippen LogP) is 5.89. The highest BCUT2D eigenvalue weighted by Crippen LogP contribution is 2.44. The van der Waals surface area contributed by atoms with E-state index in [1.807, 2.05) is 33.1 Å². The van der Waals surface area contributed by atoms with Gasteiger partial charge in [-0.3, -0.25) is 14.4 Å². The first-order chi connectivity index (χ1) is 19.7. The van der Waals surface area contributed by atoms with Crippen molar-refractivity contribution in [3.05, 3.63) is 53.6 Å². The number of aliphatic carboxylic acids is 1. The van der Waals surface area contributed by atoms with Gasteiger partial charge in [-0.05, 0) is 48.8 Å². The van der Waals surface area contributed by atoms with Gasteiger partial charge < -0.3 is 24.4 Å². The summed E-state index contributed by atoms with van der Waals surface area (Å²) in [4.78, 5) is 43.0. The van der Waals surface area contributed by atoms with Crippen LogP contribution in [0.1, 0.15) is 57.3 Å². The number of carboxylic acids is 1. The summed E-state index contributed by atoms with van der Waals surface area (Å²) in [5.74, 6) is -3.13. The van der Waals surface area contributed by atoms with Crippen LogP contribution < -0.4 is 9.64 Å². The molecule has 42 heavy (non-hydrogen) atoms. The number of thioether (sulfide) groups is 1. The highest BCUT2D eigenvalue weighted by Gasteiger charge is 2.42. The first-order valence-electron chi connectivity index (χ1n) is 13.7. The van der Waals surface area contributed by atoms with Crippen LogP contribution >= 0.6 is 11.8 Å². The number of alkyl halides is 3. The van der Waals surface area contributed by atoms with Gasteiger partial charge in [-0.15, -0.1) is 24.9 Å². The van der Waals surface area contributed by atoms with Gasteiger partial charge in [0, 0.05) is 41.3 Å². The number of carbonyl (C=O) groups excluding carboxylic acids is 2. The minimum Gasteiger partial charge on any atom is -0.481 e. The minimum absolute atomic E-state index is 0.0176. The van der Waals surface area contributed by atoms with Crippen LogP contribution in [0.5, 0.6) is 5.75 Å². The number of amides is 2. The van der Waals surface area contributed by atoms with Gasteiger partial charge in [-0.1, -0.05) is 39.0 Å². The molecular formula is C30H35F3N2O6S. The SMILES string of the molecule is CSc1ccc2c(c1)[C@H](c1ccccc1OC(F)(F)F)O[C@@H](CC(=O)N1CCCC(C(=O)O)C1)C(=O)N2CC(C)(C)C. The monoisotopic (exact) mass is 608 g/mol. The van der Waals surface area contributed by atoms with Crippen molar-refractivity contribution in [1.29, 1.82) is 0 Å². The molecule has 0 bridgehead atoms. The molecule has 0 radical (unpaired) electrons. The smallest absolute Gasteiger partial charge is 0.481 e. The van der Waals surface area contributed by atoms with Crippen molar-refractivity contribution >= 4 is 35.2 Å². The van der Waals surface area contributed by atoms with Gasteiger partial charge in [0.05, 0.1) is 12.3 Å². The van der Waals surface area contributed by atoms with E-state index in [1.54, 1.807) is 23.1 Å². The summed E-state index contributed by atoms with van der Waals surface area (Å²) < 4.78 is 51.0. The van der Waals surface area contributed by atoms with Crippen LogP contribution in [-0.4, -0.2) is 66.1 Å². The summed E-state index contributed by atoms with van der Waals surface area (Å²) in [6.07, 6.45) is -5.08. The van der Waals surface area contributed by atoms with Crippen molar-refractivity contribution in [2.24, 2.45) is 11.3 Å². The maximum Gasteiger partial charge on any atom is 0.573 e. The molecule has 2 aromatic rings. The van der Waals surface area contributed by atoms with Gasteiger partial charge in [0.1, 0.15) is 18.0 Å². The van der Waals surface area contributed by atoms with Gasteiger partial charge in [-0.2, -0.15) is 0 Å². The van der Waals surface area contributed by atoms with Crippen molar-refractivity contribution < 1.29 is 42.1 Å². The molecule has 2 aliphatic rings. The number of ether oxygens (including phenoxy) is 2. The number of hydrogen-bond donors (Lipinski definition) is 1. The van der Waals surface area contributed by atoms with Gasteiger partial charge >= 0.3 is 12.3 Å². The lowest BCUT2D eigenvalue weighted by molar-refractivity contribution is -0.275. The van der Waals surface area contributed by atoms with Crippen LogP contribution in [0.25, 0.3) is 0 Å². The van der Waals surface area contributed by atoms with Gasteiger partial charge in [0.15, 0.2) is 0 Å². The Hall–Kier alpha value is -3.25. The van der Waals surface area contributed by atoms with Crippen molar-refractivity contribution in [2.45, 2.75) is 63.5 Å². The van der Waals surface area contributed by atoms with E-state index in [1.165, 1.54) is 34.9 Å². The van der Waals surface area contributed by atoms with E-state index in [4.69, 9.17) is 4.74 Å². The molecule has 4 rings (SSSR count). The Morgan fingerprint density at radius 3 is 2.48 bits per heavy atom. The summed E-state index contributed by atoms with van der Waals surface area (Å²) in [7, 11) is 0. The van der Waals surface area contributed by atoms with Crippen LogP contribution in [-0.2, 0) is 19.1 Å². The quantitative estimate of drug-likeness (QED) is 0.392. The fourth-order valence-electron chi connectivity index (χ4n) is 5.33. The number of carboxylic acid groups (broad SMARTS) is 1. The van der Waals surface area contributed by atoms with Gasteiger partial charge in [-0.25, -0.2) is 0 Å². The van der Waals surface area contributed by atoms with Crippen molar-refractivity contribution in [3.8, 4) is 5.75 Å². The molecule has 1 saturated heterocycles. The molecule has 3 atom stereocenters. The van der Waals surface area contributed by atoms with E-state index >= 15 is 0 Å². The number of benzene rings is 2. The average Bonchev–Trinajstić information content (AvgIpc) is 3.02. The van der Waals surface area contributed by atoms with Crippen LogP contribution in [0.15, 0.2) is 47.4 Å². The van der Waals surface area contributed by atoms with Gasteiger partial charge in [0.2, 0.25) is 5.91 Å². The normalized spacial score (nSPS) is 21.5. The predicted molar refractivity (Wildman–Crippen MR) is 151 cm³/mol. The summed E-state index contributed by atoms with van der Waals surface area (Å²) >= 11 is 1.43. The molecule has 8 nitrogen and oxygen atoms in total. The summed E-state index contributed by atoms with van der Waals surface area (Å²) in [6, 6.07) is 11.0. The molecule has 12 heteroatoms. The largest absolute Gasteiger partial charge is 0.573 e. The Bertz CT molecular complexity index is 1330. The summed E-state index contributed by atoms with van der Waals surface area (Å²) in [5.41, 5.74) is 0.620. The van der Waals surface area contributed by atoms with E-state index in [-0.39, 0.29) is 24.1 Å². The molecule has 0 spiro atoms. The Morgan fingerprint density at radius 1 is 1.12 bits per heavy atom. The zero-order valence-electron chi connectivity index (χ0n) is 23.9. The molecule has 2 heterocycles. The molecule has 2 aliphatic heterocycles. The van der Waals surface area contributed by atoms with Crippen LogP contribution in [0, 0.1) is 11.3 Å². The second kappa shape index (κ2) is 12.5. The molecule has 1 fully saturated rings. The number of fused-ring (bicyclic) bond motifs is 1. The molecule has 0 aliphatic carbocycles. The lowest BCUT2D eigenvalue weighted by Gasteiger charge is -2.33. The van der Waals surface area contributed by atoms with E-state index in [2.05, 4.69) is 4.74 Å². The zero-order valence-corrected chi connectivity index (χ0v) is 24.8.